The van der Waals surface area contributed by atoms with Crippen LogP contribution in [0.4, 0.5) is 0 Å². The first-order valence-electron chi connectivity index (χ1n) is 6.59. The second-order valence-electron chi connectivity index (χ2n) is 5.19. The Labute approximate surface area is 114 Å². The standard InChI is InChI=1S/C14H21N5/c1-10(2)7-15-8-12-9-19(4)18-14(12)13-11(3)16-5-6-17-13/h5-6,9-10,15H,7-8H2,1-4H3. The molecule has 2 heterocycles. The van der Waals surface area contributed by atoms with Crippen LogP contribution in [0.15, 0.2) is 18.6 Å². The molecule has 0 amide bonds. The van der Waals surface area contributed by atoms with Gasteiger partial charge in [-0.2, -0.15) is 5.10 Å². The first-order chi connectivity index (χ1) is 9.08. The van der Waals surface area contributed by atoms with Crippen LogP contribution in [0, 0.1) is 12.8 Å². The summed E-state index contributed by atoms with van der Waals surface area (Å²) >= 11 is 0. The van der Waals surface area contributed by atoms with E-state index >= 15 is 0 Å². The lowest BCUT2D eigenvalue weighted by atomic mass is 10.1. The summed E-state index contributed by atoms with van der Waals surface area (Å²) in [5.74, 6) is 0.637. The molecule has 0 aliphatic carbocycles. The Kier molecular flexibility index (Phi) is 4.27. The maximum atomic E-state index is 4.51. The molecule has 0 fully saturated rings. The Bertz CT molecular complexity index is 545. The summed E-state index contributed by atoms with van der Waals surface area (Å²) in [4.78, 5) is 8.68. The highest BCUT2D eigenvalue weighted by atomic mass is 15.3. The van der Waals surface area contributed by atoms with Crippen molar-refractivity contribution >= 4 is 0 Å². The van der Waals surface area contributed by atoms with E-state index in [1.54, 1.807) is 12.4 Å². The normalized spacial score (nSPS) is 11.2. The maximum Gasteiger partial charge on any atom is 0.117 e. The van der Waals surface area contributed by atoms with Gasteiger partial charge in [-0.15, -0.1) is 0 Å². The summed E-state index contributed by atoms with van der Waals surface area (Å²) in [7, 11) is 1.93. The topological polar surface area (TPSA) is 55.6 Å². The third-order valence-corrected chi connectivity index (χ3v) is 2.88. The summed E-state index contributed by atoms with van der Waals surface area (Å²) in [5.41, 5.74) is 3.85. The average Bonchev–Trinajstić information content (AvgIpc) is 2.70. The molecule has 0 aromatic carbocycles. The van der Waals surface area contributed by atoms with E-state index in [4.69, 9.17) is 0 Å². The number of nitrogens with one attached hydrogen (secondary N) is 1. The fourth-order valence-corrected chi connectivity index (χ4v) is 2.00. The molecule has 5 heteroatoms. The van der Waals surface area contributed by atoms with Gasteiger partial charge in [0.1, 0.15) is 11.4 Å². The van der Waals surface area contributed by atoms with E-state index < -0.39 is 0 Å². The number of rotatable bonds is 5. The molecule has 2 aromatic heterocycles. The molecule has 0 saturated carbocycles. The maximum absolute atomic E-state index is 4.51. The Hall–Kier alpha value is -1.75. The molecule has 19 heavy (non-hydrogen) atoms. The van der Waals surface area contributed by atoms with E-state index in [0.29, 0.717) is 5.92 Å². The molecule has 0 aliphatic rings. The number of hydrogen-bond donors (Lipinski definition) is 1. The monoisotopic (exact) mass is 259 g/mol. The second-order valence-corrected chi connectivity index (χ2v) is 5.19. The highest BCUT2D eigenvalue weighted by Gasteiger charge is 2.13. The van der Waals surface area contributed by atoms with E-state index in [0.717, 1.165) is 35.7 Å². The van der Waals surface area contributed by atoms with Crippen molar-refractivity contribution in [3.05, 3.63) is 29.8 Å². The van der Waals surface area contributed by atoms with Gasteiger partial charge in [-0.05, 0) is 19.4 Å². The van der Waals surface area contributed by atoms with Crippen molar-refractivity contribution in [3.8, 4) is 11.4 Å². The van der Waals surface area contributed by atoms with Gasteiger partial charge in [0.15, 0.2) is 0 Å². The molecule has 0 bridgehead atoms. The van der Waals surface area contributed by atoms with Gasteiger partial charge < -0.3 is 5.32 Å². The van der Waals surface area contributed by atoms with Crippen molar-refractivity contribution < 1.29 is 0 Å². The molecule has 102 valence electrons. The van der Waals surface area contributed by atoms with Crippen LogP contribution in [0.5, 0.6) is 0 Å². The predicted octanol–water partition coefficient (Wildman–Crippen LogP) is 1.93. The Morgan fingerprint density at radius 1 is 1.21 bits per heavy atom. The highest BCUT2D eigenvalue weighted by Crippen LogP contribution is 2.21. The molecule has 0 aliphatic heterocycles. The van der Waals surface area contributed by atoms with E-state index in [9.17, 15) is 0 Å². The summed E-state index contributed by atoms with van der Waals surface area (Å²) < 4.78 is 1.83. The first kappa shape index (κ1) is 13.7. The third-order valence-electron chi connectivity index (χ3n) is 2.88. The van der Waals surface area contributed by atoms with Crippen LogP contribution in [-0.2, 0) is 13.6 Å². The van der Waals surface area contributed by atoms with Gasteiger partial charge in [0, 0.05) is 37.7 Å². The van der Waals surface area contributed by atoms with E-state index in [-0.39, 0.29) is 0 Å². The smallest absolute Gasteiger partial charge is 0.117 e. The van der Waals surface area contributed by atoms with Gasteiger partial charge in [0.2, 0.25) is 0 Å². The molecule has 0 spiro atoms. The fourth-order valence-electron chi connectivity index (χ4n) is 2.00. The van der Waals surface area contributed by atoms with Crippen molar-refractivity contribution in [1.82, 2.24) is 25.1 Å². The Morgan fingerprint density at radius 3 is 2.63 bits per heavy atom. The minimum Gasteiger partial charge on any atom is -0.312 e. The second kappa shape index (κ2) is 5.93. The average molecular weight is 259 g/mol. The van der Waals surface area contributed by atoms with Crippen LogP contribution < -0.4 is 5.32 Å². The lowest BCUT2D eigenvalue weighted by molar-refractivity contribution is 0.552. The largest absolute Gasteiger partial charge is 0.312 e. The van der Waals surface area contributed by atoms with Crippen molar-refractivity contribution in [2.75, 3.05) is 6.54 Å². The number of hydrogen-bond acceptors (Lipinski definition) is 4. The third kappa shape index (κ3) is 3.38. The Morgan fingerprint density at radius 2 is 1.95 bits per heavy atom. The zero-order valence-electron chi connectivity index (χ0n) is 12.0. The molecule has 2 aromatic rings. The zero-order chi connectivity index (χ0) is 13.8. The lowest BCUT2D eigenvalue weighted by Gasteiger charge is -2.07. The van der Waals surface area contributed by atoms with Crippen LogP contribution in [0.25, 0.3) is 11.4 Å². The quantitative estimate of drug-likeness (QED) is 0.891. The highest BCUT2D eigenvalue weighted by molar-refractivity contribution is 5.60. The number of aryl methyl sites for hydroxylation is 2. The van der Waals surface area contributed by atoms with Gasteiger partial charge in [-0.3, -0.25) is 14.6 Å². The molecule has 2 rings (SSSR count). The minimum absolute atomic E-state index is 0.637. The summed E-state index contributed by atoms with van der Waals surface area (Å²) in [5, 5.41) is 7.96. The lowest BCUT2D eigenvalue weighted by Crippen LogP contribution is -2.19. The van der Waals surface area contributed by atoms with Crippen molar-refractivity contribution in [1.29, 1.82) is 0 Å². The summed E-state index contributed by atoms with van der Waals surface area (Å²) in [6, 6.07) is 0. The summed E-state index contributed by atoms with van der Waals surface area (Å²) in [6.45, 7) is 8.15. The van der Waals surface area contributed by atoms with Crippen LogP contribution in [0.1, 0.15) is 25.1 Å². The number of nitrogens with zero attached hydrogens (tertiary/aromatic N) is 4. The van der Waals surface area contributed by atoms with Gasteiger partial charge in [-0.1, -0.05) is 13.8 Å². The van der Waals surface area contributed by atoms with Crippen molar-refractivity contribution in [2.24, 2.45) is 13.0 Å². The summed E-state index contributed by atoms with van der Waals surface area (Å²) in [6.07, 6.45) is 5.46. The van der Waals surface area contributed by atoms with Crippen LogP contribution in [-0.4, -0.2) is 26.3 Å². The molecule has 0 radical (unpaired) electrons. The van der Waals surface area contributed by atoms with E-state index in [2.05, 4.69) is 34.2 Å². The SMILES string of the molecule is Cc1nccnc1-c1nn(C)cc1CNCC(C)C. The van der Waals surface area contributed by atoms with Crippen LogP contribution in [0.3, 0.4) is 0 Å². The predicted molar refractivity (Wildman–Crippen MR) is 75.5 cm³/mol. The van der Waals surface area contributed by atoms with Crippen molar-refractivity contribution in [2.45, 2.75) is 27.3 Å². The van der Waals surface area contributed by atoms with Gasteiger partial charge >= 0.3 is 0 Å². The van der Waals surface area contributed by atoms with Gasteiger partial charge in [-0.25, -0.2) is 0 Å². The Balaban J connectivity index is 2.24. The molecule has 0 atom stereocenters. The van der Waals surface area contributed by atoms with E-state index in [1.807, 2.05) is 24.9 Å². The molecule has 0 saturated heterocycles. The fraction of sp³-hybridized carbons (Fsp3) is 0.500. The number of aromatic nitrogens is 4. The van der Waals surface area contributed by atoms with Gasteiger partial charge in [0.25, 0.3) is 0 Å². The minimum atomic E-state index is 0.637. The molecular weight excluding hydrogens is 238 g/mol. The van der Waals surface area contributed by atoms with Gasteiger partial charge in [0.05, 0.1) is 5.69 Å². The molecule has 1 N–H and O–H groups in total. The van der Waals surface area contributed by atoms with Crippen LogP contribution >= 0.6 is 0 Å². The van der Waals surface area contributed by atoms with Crippen LogP contribution in [0.2, 0.25) is 0 Å². The van der Waals surface area contributed by atoms with Crippen molar-refractivity contribution in [3.63, 3.8) is 0 Å². The molecular formula is C14H21N5. The first-order valence-corrected chi connectivity index (χ1v) is 6.59. The van der Waals surface area contributed by atoms with E-state index in [1.165, 1.54) is 0 Å². The molecule has 0 unspecified atom stereocenters. The zero-order valence-corrected chi connectivity index (χ0v) is 12.0. The molecule has 5 nitrogen and oxygen atoms in total.